The molecule has 0 saturated heterocycles. The fourth-order valence-electron chi connectivity index (χ4n) is 4.45. The number of nitrogens with zero attached hydrogens (tertiary/aromatic N) is 2. The lowest BCUT2D eigenvalue weighted by Gasteiger charge is -2.38. The molecule has 12 heteroatoms. The number of aliphatic hydroxyl groups is 1. The van der Waals surface area contributed by atoms with E-state index in [1.807, 2.05) is 6.92 Å². The normalized spacial score (nSPS) is 17.2. The summed E-state index contributed by atoms with van der Waals surface area (Å²) in [6.07, 6.45) is -0.546. The zero-order valence-corrected chi connectivity index (χ0v) is 23.4. The van der Waals surface area contributed by atoms with Gasteiger partial charge in [0, 0.05) is 36.6 Å². The van der Waals surface area contributed by atoms with Gasteiger partial charge in [0.05, 0.1) is 24.8 Å². The molecule has 4 rings (SSSR count). The zero-order valence-electron chi connectivity index (χ0n) is 23.4. The van der Waals surface area contributed by atoms with Crippen LogP contribution in [0.1, 0.15) is 24.2 Å². The number of aliphatic hydroxyl groups excluding tert-OH is 1. The predicted molar refractivity (Wildman–Crippen MR) is 155 cm³/mol. The summed E-state index contributed by atoms with van der Waals surface area (Å²) in [4.78, 5) is 42.0. The number of rotatable bonds is 7. The van der Waals surface area contributed by atoms with Crippen molar-refractivity contribution in [3.05, 3.63) is 83.9 Å². The minimum Gasteiger partial charge on any atom is -0.487 e. The van der Waals surface area contributed by atoms with E-state index in [9.17, 15) is 28.3 Å². The molecule has 0 radical (unpaired) electrons. The van der Waals surface area contributed by atoms with Gasteiger partial charge >= 0.3 is 12.1 Å². The van der Waals surface area contributed by atoms with Crippen LogP contribution in [0.3, 0.4) is 0 Å². The highest BCUT2D eigenvalue weighted by Gasteiger charge is 2.34. The number of nitrogens with one attached hydrogen (secondary N) is 3. The van der Waals surface area contributed by atoms with Crippen molar-refractivity contribution in [2.24, 2.45) is 5.92 Å². The Morgan fingerprint density at radius 2 is 1.52 bits per heavy atom. The molecule has 0 bridgehead atoms. The Morgan fingerprint density at radius 1 is 0.976 bits per heavy atom. The second kappa shape index (κ2) is 13.3. The summed E-state index contributed by atoms with van der Waals surface area (Å²) in [6.45, 7) is 3.74. The number of amides is 5. The van der Waals surface area contributed by atoms with Gasteiger partial charge in [0.25, 0.3) is 5.91 Å². The summed E-state index contributed by atoms with van der Waals surface area (Å²) >= 11 is 0. The van der Waals surface area contributed by atoms with Crippen molar-refractivity contribution in [2.75, 3.05) is 42.7 Å². The average molecular weight is 582 g/mol. The molecule has 0 fully saturated rings. The van der Waals surface area contributed by atoms with Crippen molar-refractivity contribution >= 4 is 35.0 Å². The van der Waals surface area contributed by atoms with Crippen molar-refractivity contribution in [1.82, 2.24) is 9.80 Å². The number of fused-ring (bicyclic) bond motifs is 1. The lowest BCUT2D eigenvalue weighted by Crippen LogP contribution is -2.50. The molecule has 3 aromatic rings. The third-order valence-electron chi connectivity index (χ3n) is 6.92. The van der Waals surface area contributed by atoms with Crippen LogP contribution in [0.15, 0.2) is 66.7 Å². The van der Waals surface area contributed by atoms with Gasteiger partial charge in [-0.2, -0.15) is 0 Å². The summed E-state index contributed by atoms with van der Waals surface area (Å²) in [5.74, 6) is -1.23. The molecule has 0 aromatic heterocycles. The lowest BCUT2D eigenvalue weighted by atomic mass is 9.99. The maximum absolute atomic E-state index is 13.6. The highest BCUT2D eigenvalue weighted by atomic mass is 19.1. The number of hydrogen-bond donors (Lipinski definition) is 4. The van der Waals surface area contributed by atoms with Gasteiger partial charge in [-0.05, 0) is 73.7 Å². The molecular formula is C30H33F2N5O5. The van der Waals surface area contributed by atoms with Gasteiger partial charge in [-0.25, -0.2) is 18.4 Å². The summed E-state index contributed by atoms with van der Waals surface area (Å²) in [7, 11) is 1.60. The molecule has 0 spiro atoms. The third kappa shape index (κ3) is 7.52. The molecule has 42 heavy (non-hydrogen) atoms. The van der Waals surface area contributed by atoms with Gasteiger partial charge in [0.15, 0.2) is 0 Å². The van der Waals surface area contributed by atoms with E-state index in [4.69, 9.17) is 4.74 Å². The average Bonchev–Trinajstić information content (AvgIpc) is 2.97. The van der Waals surface area contributed by atoms with Crippen LogP contribution in [0.4, 0.5) is 35.4 Å². The van der Waals surface area contributed by atoms with Gasteiger partial charge in [0.1, 0.15) is 23.5 Å². The van der Waals surface area contributed by atoms with E-state index < -0.39 is 35.8 Å². The van der Waals surface area contributed by atoms with E-state index >= 15 is 0 Å². The van der Waals surface area contributed by atoms with Crippen LogP contribution >= 0.6 is 0 Å². The van der Waals surface area contributed by atoms with E-state index in [0.29, 0.717) is 17.1 Å². The number of likely N-dealkylation sites (N-methyl/N-ethyl adjacent to an activating group) is 1. The molecule has 1 aliphatic heterocycles. The van der Waals surface area contributed by atoms with E-state index in [2.05, 4.69) is 16.0 Å². The van der Waals surface area contributed by atoms with Crippen LogP contribution in [0.5, 0.6) is 5.75 Å². The maximum Gasteiger partial charge on any atom is 0.323 e. The topological polar surface area (TPSA) is 123 Å². The monoisotopic (exact) mass is 581 g/mol. The molecule has 1 aliphatic rings. The molecule has 10 nitrogen and oxygen atoms in total. The van der Waals surface area contributed by atoms with Crippen LogP contribution in [0.2, 0.25) is 0 Å². The smallest absolute Gasteiger partial charge is 0.323 e. The molecule has 3 aromatic carbocycles. The lowest BCUT2D eigenvalue weighted by molar-refractivity contribution is 0.0371. The first kappa shape index (κ1) is 30.3. The van der Waals surface area contributed by atoms with Crippen LogP contribution in [-0.2, 0) is 0 Å². The van der Waals surface area contributed by atoms with Crippen molar-refractivity contribution in [3.63, 3.8) is 0 Å². The SMILES string of the molecule is C[C@H]1CN([C@@H](C)CO)C(=O)c2cc(NC(=O)Nc3ccc(F)cc3)ccc2O[C@@H]1CN(C)C(=O)Nc1ccc(F)cc1. The van der Waals surface area contributed by atoms with Crippen molar-refractivity contribution in [2.45, 2.75) is 26.0 Å². The number of anilines is 3. The van der Waals surface area contributed by atoms with Gasteiger partial charge in [0.2, 0.25) is 0 Å². The predicted octanol–water partition coefficient (Wildman–Crippen LogP) is 4.99. The Hall–Kier alpha value is -4.71. The van der Waals surface area contributed by atoms with Crippen molar-refractivity contribution < 1.29 is 33.0 Å². The summed E-state index contributed by atoms with van der Waals surface area (Å²) in [5.41, 5.74) is 1.29. The minimum atomic E-state index is -0.596. The van der Waals surface area contributed by atoms with Crippen LogP contribution < -0.4 is 20.7 Å². The summed E-state index contributed by atoms with van der Waals surface area (Å²) in [6, 6.07) is 13.8. The zero-order chi connectivity index (χ0) is 30.4. The second-order valence-corrected chi connectivity index (χ2v) is 10.2. The first-order valence-corrected chi connectivity index (χ1v) is 13.4. The second-order valence-electron chi connectivity index (χ2n) is 10.2. The van der Waals surface area contributed by atoms with Gasteiger partial charge in [-0.1, -0.05) is 6.92 Å². The number of urea groups is 2. The number of ether oxygens (including phenoxy) is 1. The van der Waals surface area contributed by atoms with Crippen LogP contribution in [0.25, 0.3) is 0 Å². The summed E-state index contributed by atoms with van der Waals surface area (Å²) < 4.78 is 32.7. The molecule has 0 aliphatic carbocycles. The van der Waals surface area contributed by atoms with Gasteiger partial charge < -0.3 is 35.6 Å². The van der Waals surface area contributed by atoms with E-state index in [1.54, 1.807) is 31.0 Å². The molecule has 222 valence electrons. The fraction of sp³-hybridized carbons (Fsp3) is 0.300. The first-order valence-electron chi connectivity index (χ1n) is 13.4. The van der Waals surface area contributed by atoms with Crippen molar-refractivity contribution in [3.8, 4) is 5.75 Å². The Kier molecular flexibility index (Phi) is 9.58. The van der Waals surface area contributed by atoms with E-state index in [1.165, 1.54) is 59.5 Å². The highest BCUT2D eigenvalue weighted by Crippen LogP contribution is 2.31. The molecule has 4 N–H and O–H groups in total. The Bertz CT molecular complexity index is 1420. The number of halogens is 2. The highest BCUT2D eigenvalue weighted by molar-refractivity contribution is 6.02. The van der Waals surface area contributed by atoms with E-state index in [0.717, 1.165) is 0 Å². The molecule has 0 unspecified atom stereocenters. The number of benzene rings is 3. The maximum atomic E-state index is 13.6. The molecular weight excluding hydrogens is 548 g/mol. The fourth-order valence-corrected chi connectivity index (χ4v) is 4.45. The Labute approximate surface area is 242 Å². The van der Waals surface area contributed by atoms with Gasteiger partial charge in [-0.15, -0.1) is 0 Å². The third-order valence-corrected chi connectivity index (χ3v) is 6.92. The number of hydrogen-bond acceptors (Lipinski definition) is 5. The molecule has 0 saturated carbocycles. The minimum absolute atomic E-state index is 0.156. The molecule has 1 heterocycles. The standard InChI is InChI=1S/C30H33F2N5O5/c1-18-15-37(19(2)17-38)28(39)25-14-24(34-29(40)33-22-8-4-20(31)5-9-22)12-13-26(25)42-27(18)16-36(3)30(41)35-23-10-6-21(32)7-11-23/h4-14,18-19,27,38H,15-17H2,1-3H3,(H,35,41)(H2,33,34,40)/t18-,19-,27+/m0/s1. The largest absolute Gasteiger partial charge is 0.487 e. The number of carbonyl (C=O) groups is 3. The Balaban J connectivity index is 1.54. The van der Waals surface area contributed by atoms with Crippen molar-refractivity contribution in [1.29, 1.82) is 0 Å². The molecule has 3 atom stereocenters. The van der Waals surface area contributed by atoms with Crippen LogP contribution in [-0.4, -0.2) is 71.8 Å². The molecule has 5 amide bonds. The van der Waals surface area contributed by atoms with Gasteiger partial charge in [-0.3, -0.25) is 4.79 Å². The summed E-state index contributed by atoms with van der Waals surface area (Å²) in [5, 5.41) is 17.8. The number of carbonyl (C=O) groups excluding carboxylic acids is 3. The first-order chi connectivity index (χ1) is 20.0. The quantitative estimate of drug-likeness (QED) is 0.313. The Morgan fingerprint density at radius 3 is 2.12 bits per heavy atom. The van der Waals surface area contributed by atoms with E-state index in [-0.39, 0.29) is 42.8 Å². The van der Waals surface area contributed by atoms with Crippen LogP contribution in [0, 0.1) is 17.6 Å².